The minimum Gasteiger partial charge on any atom is -0.381 e. The van der Waals surface area contributed by atoms with Crippen LogP contribution in [0.5, 0.6) is 0 Å². The minimum atomic E-state index is 0.122. The lowest BCUT2D eigenvalue weighted by Gasteiger charge is -2.40. The summed E-state index contributed by atoms with van der Waals surface area (Å²) in [7, 11) is 0. The van der Waals surface area contributed by atoms with E-state index in [1.165, 1.54) is 32.4 Å². The van der Waals surface area contributed by atoms with Crippen molar-refractivity contribution < 1.29 is 4.74 Å². The summed E-state index contributed by atoms with van der Waals surface area (Å²) in [5, 5.41) is 7.07. The predicted octanol–water partition coefficient (Wildman–Crippen LogP) is 3.11. The highest BCUT2D eigenvalue weighted by Crippen LogP contribution is 2.34. The molecule has 5 nitrogen and oxygen atoms in total. The molecule has 0 saturated carbocycles. The molecule has 0 spiro atoms. The third kappa shape index (κ3) is 6.61. The van der Waals surface area contributed by atoms with Gasteiger partial charge in [0, 0.05) is 36.6 Å². The Hall–Kier alpha value is -0.460. The third-order valence-corrected chi connectivity index (χ3v) is 7.07. The van der Waals surface area contributed by atoms with Crippen LogP contribution in [0.15, 0.2) is 4.99 Å². The highest BCUT2D eigenvalue weighted by Gasteiger charge is 2.33. The van der Waals surface area contributed by atoms with Crippen molar-refractivity contribution in [1.29, 1.82) is 0 Å². The fourth-order valence-corrected chi connectivity index (χ4v) is 5.12. The molecule has 0 aliphatic carbocycles. The number of ether oxygens (including phenoxy) is 1. The van der Waals surface area contributed by atoms with Crippen LogP contribution in [0.1, 0.15) is 59.8 Å². The maximum atomic E-state index is 5.59. The standard InChI is InChI=1S/C20H40N4OS/c1-5-21-18(22-16-19(3,4)24-12-8-7-9-13-24)23-17-20(26-6-2)10-14-25-15-11-20/h5-17H2,1-4H3,(H2,21,22,23). The average Bonchev–Trinajstić information content (AvgIpc) is 2.66. The van der Waals surface area contributed by atoms with Gasteiger partial charge in [-0.3, -0.25) is 9.89 Å². The monoisotopic (exact) mass is 384 g/mol. The minimum absolute atomic E-state index is 0.122. The summed E-state index contributed by atoms with van der Waals surface area (Å²) in [6.45, 7) is 15.9. The van der Waals surface area contributed by atoms with Gasteiger partial charge in [-0.15, -0.1) is 0 Å². The number of hydrogen-bond acceptors (Lipinski definition) is 4. The zero-order valence-electron chi connectivity index (χ0n) is 17.4. The largest absolute Gasteiger partial charge is 0.381 e. The van der Waals surface area contributed by atoms with Crippen LogP contribution < -0.4 is 10.6 Å². The van der Waals surface area contributed by atoms with Gasteiger partial charge in [0.05, 0.1) is 6.54 Å². The first-order valence-corrected chi connectivity index (χ1v) is 11.5. The van der Waals surface area contributed by atoms with E-state index < -0.39 is 0 Å². The zero-order valence-corrected chi connectivity index (χ0v) is 18.2. The Kier molecular flexibility index (Phi) is 9.04. The summed E-state index contributed by atoms with van der Waals surface area (Å²) in [6, 6.07) is 0. The van der Waals surface area contributed by atoms with E-state index >= 15 is 0 Å². The second-order valence-electron chi connectivity index (χ2n) is 8.14. The van der Waals surface area contributed by atoms with E-state index in [9.17, 15) is 0 Å². The molecule has 2 aliphatic heterocycles. The van der Waals surface area contributed by atoms with E-state index in [1.54, 1.807) is 0 Å². The first-order chi connectivity index (χ1) is 12.5. The van der Waals surface area contributed by atoms with Crippen LogP contribution in [0.3, 0.4) is 0 Å². The van der Waals surface area contributed by atoms with Crippen molar-refractivity contribution in [1.82, 2.24) is 15.5 Å². The van der Waals surface area contributed by atoms with Gasteiger partial charge >= 0.3 is 0 Å². The van der Waals surface area contributed by atoms with Crippen molar-refractivity contribution in [3.63, 3.8) is 0 Å². The number of hydrogen-bond donors (Lipinski definition) is 2. The SMILES string of the molecule is CCNC(=NCC(C)(C)N1CCCCC1)NCC1(SCC)CCOCC1. The van der Waals surface area contributed by atoms with Gasteiger partial charge in [-0.05, 0) is 65.3 Å². The van der Waals surface area contributed by atoms with Crippen molar-refractivity contribution >= 4 is 17.7 Å². The van der Waals surface area contributed by atoms with Crippen molar-refractivity contribution in [2.75, 3.05) is 51.7 Å². The van der Waals surface area contributed by atoms with Crippen LogP contribution >= 0.6 is 11.8 Å². The van der Waals surface area contributed by atoms with E-state index in [1.807, 2.05) is 0 Å². The smallest absolute Gasteiger partial charge is 0.191 e. The quantitative estimate of drug-likeness (QED) is 0.497. The Balaban J connectivity index is 1.94. The Morgan fingerprint density at radius 2 is 1.81 bits per heavy atom. The van der Waals surface area contributed by atoms with Gasteiger partial charge < -0.3 is 15.4 Å². The van der Waals surface area contributed by atoms with E-state index in [2.05, 4.69) is 55.0 Å². The number of nitrogens with one attached hydrogen (secondary N) is 2. The molecule has 26 heavy (non-hydrogen) atoms. The van der Waals surface area contributed by atoms with Crippen LogP contribution in [0.2, 0.25) is 0 Å². The predicted molar refractivity (Wildman–Crippen MR) is 114 cm³/mol. The average molecular weight is 385 g/mol. The molecule has 0 aromatic rings. The molecular weight excluding hydrogens is 344 g/mol. The van der Waals surface area contributed by atoms with Crippen molar-refractivity contribution in [2.45, 2.75) is 70.1 Å². The summed E-state index contributed by atoms with van der Waals surface area (Å²) in [4.78, 5) is 7.56. The Bertz CT molecular complexity index is 424. The number of piperidine rings is 1. The summed E-state index contributed by atoms with van der Waals surface area (Å²) in [5.41, 5.74) is 0.122. The Labute approximate surface area is 165 Å². The molecule has 2 heterocycles. The van der Waals surface area contributed by atoms with Crippen molar-refractivity contribution in [2.24, 2.45) is 4.99 Å². The highest BCUT2D eigenvalue weighted by atomic mass is 32.2. The summed E-state index contributed by atoms with van der Waals surface area (Å²) in [6.07, 6.45) is 6.27. The van der Waals surface area contributed by atoms with E-state index in [-0.39, 0.29) is 10.3 Å². The van der Waals surface area contributed by atoms with E-state index in [0.717, 1.165) is 57.4 Å². The van der Waals surface area contributed by atoms with Gasteiger partial charge in [-0.2, -0.15) is 11.8 Å². The summed E-state index contributed by atoms with van der Waals surface area (Å²) < 4.78 is 5.88. The van der Waals surface area contributed by atoms with Gasteiger partial charge in [-0.1, -0.05) is 13.3 Å². The molecule has 2 rings (SSSR count). The van der Waals surface area contributed by atoms with Crippen LogP contribution in [-0.2, 0) is 4.74 Å². The van der Waals surface area contributed by atoms with Gasteiger partial charge in [0.25, 0.3) is 0 Å². The van der Waals surface area contributed by atoms with Gasteiger partial charge in [-0.25, -0.2) is 0 Å². The molecule has 152 valence electrons. The summed E-state index contributed by atoms with van der Waals surface area (Å²) >= 11 is 2.07. The van der Waals surface area contributed by atoms with Crippen LogP contribution in [0.4, 0.5) is 0 Å². The Morgan fingerprint density at radius 3 is 2.42 bits per heavy atom. The van der Waals surface area contributed by atoms with Crippen LogP contribution in [-0.4, -0.2) is 72.8 Å². The second kappa shape index (κ2) is 10.8. The first-order valence-electron chi connectivity index (χ1n) is 10.5. The van der Waals surface area contributed by atoms with Crippen molar-refractivity contribution in [3.05, 3.63) is 0 Å². The lowest BCUT2D eigenvalue weighted by molar-refractivity contribution is 0.0781. The molecular formula is C20H40N4OS. The molecule has 0 amide bonds. The highest BCUT2D eigenvalue weighted by molar-refractivity contribution is 8.00. The second-order valence-corrected chi connectivity index (χ2v) is 9.87. The number of guanidine groups is 1. The number of thioether (sulfide) groups is 1. The fourth-order valence-electron chi connectivity index (χ4n) is 3.88. The topological polar surface area (TPSA) is 48.9 Å². The molecule has 6 heteroatoms. The van der Waals surface area contributed by atoms with E-state index in [0.29, 0.717) is 0 Å². The maximum absolute atomic E-state index is 5.59. The molecule has 0 radical (unpaired) electrons. The normalized spacial score (nSPS) is 22.2. The third-order valence-electron chi connectivity index (χ3n) is 5.61. The van der Waals surface area contributed by atoms with Crippen LogP contribution in [0.25, 0.3) is 0 Å². The molecule has 0 unspecified atom stereocenters. The maximum Gasteiger partial charge on any atom is 0.191 e. The molecule has 0 bridgehead atoms. The first kappa shape index (κ1) is 21.8. The number of aliphatic imine (C=N–C) groups is 1. The molecule has 0 aromatic carbocycles. The van der Waals surface area contributed by atoms with E-state index in [4.69, 9.17) is 9.73 Å². The number of rotatable bonds is 8. The van der Waals surface area contributed by atoms with Crippen LogP contribution in [0, 0.1) is 0 Å². The molecule has 2 aliphatic rings. The molecule has 2 fully saturated rings. The molecule has 0 aromatic heterocycles. The van der Waals surface area contributed by atoms with Gasteiger partial charge in [0.15, 0.2) is 5.96 Å². The molecule has 0 atom stereocenters. The zero-order chi connectivity index (χ0) is 18.9. The fraction of sp³-hybridized carbons (Fsp3) is 0.950. The number of likely N-dealkylation sites (tertiary alicyclic amines) is 1. The van der Waals surface area contributed by atoms with Crippen molar-refractivity contribution in [3.8, 4) is 0 Å². The van der Waals surface area contributed by atoms with Gasteiger partial charge in [0.2, 0.25) is 0 Å². The summed E-state index contributed by atoms with van der Waals surface area (Å²) in [5.74, 6) is 2.11. The molecule has 2 N–H and O–H groups in total. The lowest BCUT2D eigenvalue weighted by atomic mass is 9.98. The lowest BCUT2D eigenvalue weighted by Crippen LogP contribution is -2.51. The Morgan fingerprint density at radius 1 is 1.12 bits per heavy atom. The molecule has 2 saturated heterocycles. The number of nitrogens with zero attached hydrogens (tertiary/aromatic N) is 2. The van der Waals surface area contributed by atoms with Gasteiger partial charge in [0.1, 0.15) is 0 Å².